The quantitative estimate of drug-likeness (QED) is 0.778. The van der Waals surface area contributed by atoms with Crippen molar-refractivity contribution in [3.05, 3.63) is 29.3 Å². The molecule has 2 heterocycles. The number of hydrogen-bond acceptors (Lipinski definition) is 3. The zero-order valence-electron chi connectivity index (χ0n) is 10.7. The SMILES string of the molecule is CCCc1nc(Cl)cc(-c2ccnn2CCC)n1. The lowest BCUT2D eigenvalue weighted by atomic mass is 10.2. The molecule has 0 N–H and O–H groups in total. The molecule has 2 rings (SSSR count). The molecule has 96 valence electrons. The Morgan fingerprint density at radius 3 is 2.78 bits per heavy atom. The molecule has 0 radical (unpaired) electrons. The summed E-state index contributed by atoms with van der Waals surface area (Å²) in [5, 5.41) is 4.79. The fourth-order valence-electron chi connectivity index (χ4n) is 1.87. The summed E-state index contributed by atoms with van der Waals surface area (Å²) in [4.78, 5) is 8.79. The summed E-state index contributed by atoms with van der Waals surface area (Å²) in [7, 11) is 0. The van der Waals surface area contributed by atoms with E-state index in [0.29, 0.717) is 5.15 Å². The fourth-order valence-corrected chi connectivity index (χ4v) is 2.07. The highest BCUT2D eigenvalue weighted by Gasteiger charge is 2.09. The molecule has 0 fully saturated rings. The van der Waals surface area contributed by atoms with Crippen molar-refractivity contribution in [3.63, 3.8) is 0 Å². The maximum Gasteiger partial charge on any atom is 0.133 e. The molecule has 0 aliphatic heterocycles. The molecular weight excluding hydrogens is 248 g/mol. The first-order valence-electron chi connectivity index (χ1n) is 6.30. The maximum absolute atomic E-state index is 6.05. The van der Waals surface area contributed by atoms with E-state index in [-0.39, 0.29) is 0 Å². The van der Waals surface area contributed by atoms with Crippen molar-refractivity contribution in [2.45, 2.75) is 39.7 Å². The van der Waals surface area contributed by atoms with E-state index in [0.717, 1.165) is 43.0 Å². The van der Waals surface area contributed by atoms with Crippen molar-refractivity contribution in [3.8, 4) is 11.4 Å². The van der Waals surface area contributed by atoms with Gasteiger partial charge in [0.25, 0.3) is 0 Å². The Bertz CT molecular complexity index is 521. The van der Waals surface area contributed by atoms with E-state index < -0.39 is 0 Å². The molecule has 0 aromatic carbocycles. The largest absolute Gasteiger partial charge is 0.263 e. The van der Waals surface area contributed by atoms with Gasteiger partial charge in [-0.05, 0) is 18.9 Å². The van der Waals surface area contributed by atoms with Crippen LogP contribution < -0.4 is 0 Å². The lowest BCUT2D eigenvalue weighted by molar-refractivity contribution is 0.607. The molecule has 2 aromatic rings. The highest BCUT2D eigenvalue weighted by Crippen LogP contribution is 2.20. The molecule has 5 heteroatoms. The molecule has 0 aliphatic carbocycles. The Balaban J connectivity index is 2.39. The molecule has 18 heavy (non-hydrogen) atoms. The van der Waals surface area contributed by atoms with Crippen LogP contribution >= 0.6 is 11.6 Å². The van der Waals surface area contributed by atoms with Gasteiger partial charge in [-0.15, -0.1) is 0 Å². The number of hydrogen-bond donors (Lipinski definition) is 0. The molecule has 0 atom stereocenters. The van der Waals surface area contributed by atoms with Gasteiger partial charge in [-0.1, -0.05) is 25.4 Å². The minimum Gasteiger partial charge on any atom is -0.263 e. The minimum absolute atomic E-state index is 0.493. The van der Waals surface area contributed by atoms with E-state index in [4.69, 9.17) is 11.6 Å². The van der Waals surface area contributed by atoms with E-state index >= 15 is 0 Å². The topological polar surface area (TPSA) is 43.6 Å². The number of aromatic nitrogens is 4. The van der Waals surface area contributed by atoms with Crippen molar-refractivity contribution >= 4 is 11.6 Å². The summed E-state index contributed by atoms with van der Waals surface area (Å²) in [5.41, 5.74) is 1.85. The molecule has 0 spiro atoms. The Hall–Kier alpha value is -1.42. The zero-order chi connectivity index (χ0) is 13.0. The predicted molar refractivity (Wildman–Crippen MR) is 72.5 cm³/mol. The molecule has 0 aliphatic rings. The second-order valence-corrected chi connectivity index (χ2v) is 4.57. The summed E-state index contributed by atoms with van der Waals surface area (Å²) in [5.74, 6) is 0.796. The first-order valence-corrected chi connectivity index (χ1v) is 6.68. The first kappa shape index (κ1) is 13.0. The van der Waals surface area contributed by atoms with Crippen LogP contribution in [0.25, 0.3) is 11.4 Å². The van der Waals surface area contributed by atoms with Gasteiger partial charge >= 0.3 is 0 Å². The van der Waals surface area contributed by atoms with Crippen molar-refractivity contribution in [2.24, 2.45) is 0 Å². The van der Waals surface area contributed by atoms with Gasteiger partial charge in [0.05, 0.1) is 11.4 Å². The number of aryl methyl sites for hydroxylation is 2. The Morgan fingerprint density at radius 2 is 2.06 bits per heavy atom. The van der Waals surface area contributed by atoms with Crippen LogP contribution in [0.15, 0.2) is 18.3 Å². The predicted octanol–water partition coefficient (Wildman–Crippen LogP) is 3.36. The van der Waals surface area contributed by atoms with Gasteiger partial charge < -0.3 is 0 Å². The minimum atomic E-state index is 0.493. The number of nitrogens with zero attached hydrogens (tertiary/aromatic N) is 4. The van der Waals surface area contributed by atoms with Crippen LogP contribution in [-0.2, 0) is 13.0 Å². The average molecular weight is 265 g/mol. The van der Waals surface area contributed by atoms with Gasteiger partial charge in [-0.25, -0.2) is 9.97 Å². The van der Waals surface area contributed by atoms with Crippen molar-refractivity contribution < 1.29 is 0 Å². The fraction of sp³-hybridized carbons (Fsp3) is 0.462. The van der Waals surface area contributed by atoms with E-state index in [1.54, 1.807) is 12.3 Å². The summed E-state index contributed by atoms with van der Waals surface area (Å²) in [6.07, 6.45) is 4.68. The number of halogens is 1. The van der Waals surface area contributed by atoms with Gasteiger partial charge in [-0.3, -0.25) is 4.68 Å². The van der Waals surface area contributed by atoms with Crippen LogP contribution in [0.4, 0.5) is 0 Å². The van der Waals surface area contributed by atoms with E-state index in [1.165, 1.54) is 0 Å². The molecule has 0 saturated carbocycles. The normalized spacial score (nSPS) is 10.8. The smallest absolute Gasteiger partial charge is 0.133 e. The Kier molecular flexibility index (Phi) is 4.31. The lowest BCUT2D eigenvalue weighted by Gasteiger charge is -2.07. The van der Waals surface area contributed by atoms with Gasteiger partial charge in [0.15, 0.2) is 0 Å². The van der Waals surface area contributed by atoms with Gasteiger partial charge in [0, 0.05) is 25.2 Å². The van der Waals surface area contributed by atoms with Crippen LogP contribution in [0, 0.1) is 0 Å². The van der Waals surface area contributed by atoms with E-state index in [2.05, 4.69) is 28.9 Å². The highest BCUT2D eigenvalue weighted by atomic mass is 35.5. The van der Waals surface area contributed by atoms with Gasteiger partial charge in [-0.2, -0.15) is 5.10 Å². The Labute approximate surface area is 112 Å². The third-order valence-electron chi connectivity index (χ3n) is 2.63. The van der Waals surface area contributed by atoms with E-state index in [9.17, 15) is 0 Å². The van der Waals surface area contributed by atoms with Gasteiger partial charge in [0.1, 0.15) is 11.0 Å². The molecule has 4 nitrogen and oxygen atoms in total. The van der Waals surface area contributed by atoms with Crippen molar-refractivity contribution in [1.82, 2.24) is 19.7 Å². The number of rotatable bonds is 5. The molecule has 0 amide bonds. The highest BCUT2D eigenvalue weighted by molar-refractivity contribution is 6.29. The molecule has 2 aromatic heterocycles. The monoisotopic (exact) mass is 264 g/mol. The summed E-state index contributed by atoms with van der Waals surface area (Å²) in [6, 6.07) is 3.76. The lowest BCUT2D eigenvalue weighted by Crippen LogP contribution is -2.04. The van der Waals surface area contributed by atoms with Crippen LogP contribution in [-0.4, -0.2) is 19.7 Å². The maximum atomic E-state index is 6.05. The molecule has 0 saturated heterocycles. The first-order chi connectivity index (χ1) is 8.74. The molecular formula is C13H17ClN4. The van der Waals surface area contributed by atoms with Crippen LogP contribution in [0.5, 0.6) is 0 Å². The standard InChI is InChI=1S/C13H17ClN4/c1-3-5-13-16-10(9-12(14)17-13)11-6-7-15-18(11)8-4-2/h6-7,9H,3-5,8H2,1-2H3. The summed E-state index contributed by atoms with van der Waals surface area (Å²) >= 11 is 6.05. The Morgan fingerprint density at radius 1 is 1.22 bits per heavy atom. The third-order valence-corrected chi connectivity index (χ3v) is 2.82. The van der Waals surface area contributed by atoms with E-state index in [1.807, 2.05) is 10.7 Å². The second kappa shape index (κ2) is 5.96. The van der Waals surface area contributed by atoms with Crippen molar-refractivity contribution in [1.29, 1.82) is 0 Å². The molecule has 0 bridgehead atoms. The summed E-state index contributed by atoms with van der Waals surface area (Å²) < 4.78 is 1.95. The van der Waals surface area contributed by atoms with Crippen LogP contribution in [0.1, 0.15) is 32.5 Å². The van der Waals surface area contributed by atoms with Crippen molar-refractivity contribution in [2.75, 3.05) is 0 Å². The van der Waals surface area contributed by atoms with Gasteiger partial charge in [0.2, 0.25) is 0 Å². The molecule has 0 unspecified atom stereocenters. The second-order valence-electron chi connectivity index (χ2n) is 4.18. The van der Waals surface area contributed by atoms with Crippen LogP contribution in [0.2, 0.25) is 5.15 Å². The summed E-state index contributed by atoms with van der Waals surface area (Å²) in [6.45, 7) is 5.11. The van der Waals surface area contributed by atoms with Crippen LogP contribution in [0.3, 0.4) is 0 Å². The zero-order valence-corrected chi connectivity index (χ0v) is 11.5. The third kappa shape index (κ3) is 2.88. The average Bonchev–Trinajstić information content (AvgIpc) is 2.77.